The fraction of sp³-hybridized carbons (Fsp3) is 0.238. The Hall–Kier alpha value is -3.01. The normalized spacial score (nSPS) is 12.5. The maximum Gasteiger partial charge on any atom is 2.00 e. The Morgan fingerprint density at radius 2 is 1.03 bits per heavy atom. The molecule has 0 unspecified atom stereocenters. The minimum Gasteiger partial charge on any atom is -0.418 e. The number of pyridine rings is 2. The van der Waals surface area contributed by atoms with E-state index in [1.54, 1.807) is 38.1 Å². The molecule has 4 rings (SSSR count). The molecule has 0 amide bonds. The summed E-state index contributed by atoms with van der Waals surface area (Å²) in [6, 6.07) is 9.57. The van der Waals surface area contributed by atoms with E-state index in [9.17, 15) is 26.3 Å². The molecule has 0 aromatic carbocycles. The number of halogens is 6. The summed E-state index contributed by atoms with van der Waals surface area (Å²) in [4.78, 5) is 15.4. The number of nitrogens with zero attached hydrogens (tertiary/aromatic N) is 6. The summed E-state index contributed by atoms with van der Waals surface area (Å²) in [5.41, 5.74) is -2.12. The van der Waals surface area contributed by atoms with Crippen LogP contribution in [0, 0.1) is 12.7 Å². The van der Waals surface area contributed by atoms with Crippen molar-refractivity contribution in [1.82, 2.24) is 29.1 Å². The topological polar surface area (TPSA) is 61.4 Å². The van der Waals surface area contributed by atoms with Crippen molar-refractivity contribution in [1.29, 1.82) is 0 Å². The maximum atomic E-state index is 12.9. The number of rotatable bonds is 4. The molecule has 0 aliphatic carbocycles. The van der Waals surface area contributed by atoms with Gasteiger partial charge in [-0.1, -0.05) is 36.7 Å². The zero-order chi connectivity index (χ0) is 24.0. The van der Waals surface area contributed by atoms with Gasteiger partial charge in [0.25, 0.3) is 0 Å². The Morgan fingerprint density at radius 3 is 1.35 bits per heavy atom. The van der Waals surface area contributed by atoms with Crippen LogP contribution in [-0.4, -0.2) is 29.1 Å². The van der Waals surface area contributed by atoms with Crippen molar-refractivity contribution in [3.8, 4) is 11.6 Å². The van der Waals surface area contributed by atoms with Gasteiger partial charge in [0, 0.05) is 40.8 Å². The predicted molar refractivity (Wildman–Crippen MR) is 103 cm³/mol. The van der Waals surface area contributed by atoms with Crippen molar-refractivity contribution in [2.45, 2.75) is 31.6 Å². The molecule has 34 heavy (non-hydrogen) atoms. The summed E-state index contributed by atoms with van der Waals surface area (Å²) < 4.78 is 79.2. The molecule has 0 radical (unpaired) electrons. The quantitative estimate of drug-likeness (QED) is 0.233. The van der Waals surface area contributed by atoms with Crippen LogP contribution in [-0.2, 0) is 38.8 Å². The van der Waals surface area contributed by atoms with Gasteiger partial charge in [0.1, 0.15) is 0 Å². The molecule has 4 aromatic rings. The van der Waals surface area contributed by atoms with Gasteiger partial charge in [-0.2, -0.15) is 26.3 Å². The summed E-state index contributed by atoms with van der Waals surface area (Å²) in [5, 5.41) is 0. The zero-order valence-corrected chi connectivity index (χ0v) is 19.7. The molecule has 0 saturated heterocycles. The van der Waals surface area contributed by atoms with Gasteiger partial charge in [-0.3, -0.25) is 9.97 Å². The van der Waals surface area contributed by atoms with E-state index in [2.05, 4.69) is 32.6 Å². The predicted octanol–water partition coefficient (Wildman–Crippen LogP) is 4.81. The maximum absolute atomic E-state index is 12.9. The third-order valence-corrected chi connectivity index (χ3v) is 4.88. The Balaban J connectivity index is 0.00000324. The summed E-state index contributed by atoms with van der Waals surface area (Å²) in [5.74, 6) is 0.329. The third kappa shape index (κ3) is 5.06. The molecule has 180 valence electrons. The van der Waals surface area contributed by atoms with Crippen LogP contribution in [0.2, 0.25) is 0 Å². The summed E-state index contributed by atoms with van der Waals surface area (Å²) in [6.07, 6.45) is -3.15. The van der Waals surface area contributed by atoms with Crippen LogP contribution in [0.25, 0.3) is 11.6 Å². The molecule has 0 spiro atoms. The number of alkyl halides is 6. The third-order valence-electron chi connectivity index (χ3n) is 4.88. The van der Waals surface area contributed by atoms with Crippen LogP contribution in [0.4, 0.5) is 26.3 Å². The Morgan fingerprint density at radius 1 is 0.647 bits per heavy atom. The fourth-order valence-corrected chi connectivity index (χ4v) is 3.03. The minimum absolute atomic E-state index is 0. The van der Waals surface area contributed by atoms with E-state index in [1.165, 1.54) is 12.1 Å². The first kappa shape index (κ1) is 25.6. The molecule has 4 aromatic heterocycles. The van der Waals surface area contributed by atoms with Gasteiger partial charge in [0.15, 0.2) is 0 Å². The summed E-state index contributed by atoms with van der Waals surface area (Å²) >= 11 is 0. The van der Waals surface area contributed by atoms with Crippen molar-refractivity contribution < 1.29 is 47.4 Å². The first-order valence-electron chi connectivity index (χ1n) is 9.40. The van der Waals surface area contributed by atoms with Crippen molar-refractivity contribution in [3.63, 3.8) is 0 Å². The molecule has 0 saturated carbocycles. The van der Waals surface area contributed by atoms with Gasteiger partial charge >= 0.3 is 33.4 Å². The Labute approximate surface area is 204 Å². The van der Waals surface area contributed by atoms with E-state index in [-0.39, 0.29) is 32.7 Å². The molecular formula is C21H14F6N6Pt. The van der Waals surface area contributed by atoms with E-state index >= 15 is 0 Å². The van der Waals surface area contributed by atoms with E-state index in [0.29, 0.717) is 11.4 Å². The zero-order valence-electron chi connectivity index (χ0n) is 17.4. The molecular weight excluding hydrogens is 645 g/mol. The molecule has 0 bridgehead atoms. The molecule has 0 aliphatic rings. The Kier molecular flexibility index (Phi) is 6.76. The number of hydrogen-bond donors (Lipinski definition) is 0. The monoisotopic (exact) mass is 659 g/mol. The standard InChI is InChI=1S/C21H14F6N6.Pt/c1-19(2,13-5-3-7-17(30-13)32-9-15(28-11-32)20(22,23)24)14-6-4-8-18(31-14)33-10-16(29-12-33)21(25,26)27;/h3-10H,1-2H3;/q-2;+2. The Bertz CT molecular complexity index is 1190. The first-order chi connectivity index (χ1) is 15.4. The van der Waals surface area contributed by atoms with E-state index in [1.807, 2.05) is 0 Å². The molecule has 0 atom stereocenters. The average molecular weight is 659 g/mol. The van der Waals surface area contributed by atoms with Gasteiger partial charge in [0.2, 0.25) is 0 Å². The number of aromatic nitrogens is 6. The molecule has 6 nitrogen and oxygen atoms in total. The van der Waals surface area contributed by atoms with Crippen LogP contribution < -0.4 is 0 Å². The van der Waals surface area contributed by atoms with E-state index < -0.39 is 29.2 Å². The number of hydrogen-bond acceptors (Lipinski definition) is 4. The van der Waals surface area contributed by atoms with Gasteiger partial charge < -0.3 is 19.1 Å². The van der Waals surface area contributed by atoms with Crippen LogP contribution >= 0.6 is 0 Å². The van der Waals surface area contributed by atoms with Gasteiger partial charge in [-0.05, 0) is 26.0 Å². The van der Waals surface area contributed by atoms with Crippen LogP contribution in [0.5, 0.6) is 0 Å². The average Bonchev–Trinajstić information content (AvgIpc) is 3.44. The fourth-order valence-electron chi connectivity index (χ4n) is 3.03. The molecule has 4 heterocycles. The van der Waals surface area contributed by atoms with E-state index in [4.69, 9.17) is 0 Å². The largest absolute Gasteiger partial charge is 2.00 e. The summed E-state index contributed by atoms with van der Waals surface area (Å²) in [6.45, 7) is 3.56. The van der Waals surface area contributed by atoms with Gasteiger partial charge in [-0.25, -0.2) is 0 Å². The second-order valence-corrected chi connectivity index (χ2v) is 7.57. The van der Waals surface area contributed by atoms with Crippen molar-refractivity contribution >= 4 is 0 Å². The smallest absolute Gasteiger partial charge is 0.418 e. The van der Waals surface area contributed by atoms with E-state index in [0.717, 1.165) is 21.5 Å². The molecule has 0 fully saturated rings. The molecule has 0 N–H and O–H groups in total. The van der Waals surface area contributed by atoms with Crippen LogP contribution in [0.3, 0.4) is 0 Å². The summed E-state index contributed by atoms with van der Waals surface area (Å²) in [7, 11) is 0. The van der Waals surface area contributed by atoms with Gasteiger partial charge in [-0.15, -0.1) is 0 Å². The van der Waals surface area contributed by atoms with Gasteiger partial charge in [0.05, 0.1) is 11.6 Å². The SMILES string of the molecule is CC(C)(c1cccc(-n2[c-]nc(C(F)(F)F)c2)n1)c1cccc(-n2[c-]nc(C(F)(F)F)c2)n1.[Pt+2]. The second-order valence-electron chi connectivity index (χ2n) is 7.57. The molecule has 13 heteroatoms. The van der Waals surface area contributed by atoms with Crippen molar-refractivity contribution in [3.05, 3.63) is 84.2 Å². The van der Waals surface area contributed by atoms with Crippen molar-refractivity contribution in [2.75, 3.05) is 0 Å². The number of imidazole rings is 2. The van der Waals surface area contributed by atoms with Crippen molar-refractivity contribution in [2.24, 2.45) is 0 Å². The second kappa shape index (κ2) is 8.98. The first-order valence-corrected chi connectivity index (χ1v) is 9.40. The van der Waals surface area contributed by atoms with Crippen LogP contribution in [0.1, 0.15) is 36.6 Å². The molecule has 0 aliphatic heterocycles. The van der Waals surface area contributed by atoms with Crippen LogP contribution in [0.15, 0.2) is 48.8 Å². The minimum atomic E-state index is -4.61.